The monoisotopic (exact) mass is 286 g/mol. The summed E-state index contributed by atoms with van der Waals surface area (Å²) in [5.74, 6) is 1.96. The van der Waals surface area contributed by atoms with Crippen molar-refractivity contribution in [2.45, 2.75) is 57.9 Å². The Morgan fingerprint density at radius 1 is 1.10 bits per heavy atom. The van der Waals surface area contributed by atoms with Gasteiger partial charge in [-0.1, -0.05) is 38.3 Å². The molecular weight excluding hydrogens is 256 g/mol. The van der Waals surface area contributed by atoms with Gasteiger partial charge in [-0.3, -0.25) is 0 Å². The highest BCUT2D eigenvalue weighted by Crippen LogP contribution is 2.37. The highest BCUT2D eigenvalue weighted by atomic mass is 15.1. The van der Waals surface area contributed by atoms with E-state index in [0.29, 0.717) is 6.04 Å². The molecule has 0 amide bonds. The van der Waals surface area contributed by atoms with E-state index >= 15 is 0 Å². The van der Waals surface area contributed by atoms with E-state index in [2.05, 4.69) is 36.1 Å². The first-order valence-corrected chi connectivity index (χ1v) is 8.85. The van der Waals surface area contributed by atoms with Crippen LogP contribution in [0, 0.1) is 11.8 Å². The third kappa shape index (κ3) is 3.60. The van der Waals surface area contributed by atoms with Gasteiger partial charge in [-0.15, -0.1) is 0 Å². The lowest BCUT2D eigenvalue weighted by Crippen LogP contribution is -2.41. The third-order valence-corrected chi connectivity index (χ3v) is 5.61. The zero-order valence-electron chi connectivity index (χ0n) is 13.4. The van der Waals surface area contributed by atoms with Crippen LogP contribution in [-0.4, -0.2) is 19.1 Å². The van der Waals surface area contributed by atoms with Crippen LogP contribution in [0.3, 0.4) is 0 Å². The van der Waals surface area contributed by atoms with E-state index in [1.165, 1.54) is 56.4 Å². The average molecular weight is 286 g/mol. The van der Waals surface area contributed by atoms with E-state index in [1.54, 1.807) is 0 Å². The van der Waals surface area contributed by atoms with E-state index in [-0.39, 0.29) is 0 Å². The molecule has 1 aliphatic heterocycles. The predicted octanol–water partition coefficient (Wildman–Crippen LogP) is 3.98. The molecule has 0 radical (unpaired) electrons. The molecule has 0 aromatic heterocycles. The highest BCUT2D eigenvalue weighted by molar-refractivity contribution is 5.48. The van der Waals surface area contributed by atoms with Crippen LogP contribution in [0.25, 0.3) is 0 Å². The summed E-state index contributed by atoms with van der Waals surface area (Å²) >= 11 is 0. The molecule has 2 fully saturated rings. The molecule has 3 rings (SSSR count). The standard InChI is InChI=1S/C19H30N2/c1-2-18(20)13-15-7-9-19(10-8-15)21-12-11-16-5-3-4-6-17(16)14-21/h7-10,16-18H,2-6,11-14,20H2,1H3. The van der Waals surface area contributed by atoms with Crippen molar-refractivity contribution in [3.63, 3.8) is 0 Å². The number of fused-ring (bicyclic) bond motifs is 1. The predicted molar refractivity (Wildman–Crippen MR) is 90.7 cm³/mol. The van der Waals surface area contributed by atoms with Crippen molar-refractivity contribution in [3.8, 4) is 0 Å². The SMILES string of the molecule is CCC(N)Cc1ccc(N2CCC3CCCCC3C2)cc1. The molecule has 1 heterocycles. The molecule has 1 saturated heterocycles. The number of piperidine rings is 1. The summed E-state index contributed by atoms with van der Waals surface area (Å²) in [5, 5.41) is 0. The van der Waals surface area contributed by atoms with Crippen molar-refractivity contribution in [1.29, 1.82) is 0 Å². The van der Waals surface area contributed by atoms with Gasteiger partial charge in [0.1, 0.15) is 0 Å². The van der Waals surface area contributed by atoms with Gasteiger partial charge in [-0.05, 0) is 55.2 Å². The van der Waals surface area contributed by atoms with Crippen LogP contribution in [0.2, 0.25) is 0 Å². The van der Waals surface area contributed by atoms with Crippen LogP contribution in [0.5, 0.6) is 0 Å². The first-order chi connectivity index (χ1) is 10.3. The van der Waals surface area contributed by atoms with E-state index in [1.807, 2.05) is 0 Å². The fraction of sp³-hybridized carbons (Fsp3) is 0.684. The van der Waals surface area contributed by atoms with Gasteiger partial charge < -0.3 is 10.6 Å². The smallest absolute Gasteiger partial charge is 0.0366 e. The molecule has 0 bridgehead atoms. The van der Waals surface area contributed by atoms with Crippen LogP contribution in [-0.2, 0) is 6.42 Å². The molecule has 1 aromatic rings. The molecule has 1 saturated carbocycles. The van der Waals surface area contributed by atoms with Gasteiger partial charge in [-0.2, -0.15) is 0 Å². The second kappa shape index (κ2) is 6.83. The molecule has 2 heteroatoms. The topological polar surface area (TPSA) is 29.3 Å². The molecule has 0 spiro atoms. The molecule has 2 nitrogen and oxygen atoms in total. The van der Waals surface area contributed by atoms with E-state index in [0.717, 1.165) is 24.7 Å². The summed E-state index contributed by atoms with van der Waals surface area (Å²) in [6, 6.07) is 9.46. The molecule has 3 atom stereocenters. The number of benzene rings is 1. The Bertz CT molecular complexity index is 439. The average Bonchev–Trinajstić information content (AvgIpc) is 2.55. The molecule has 21 heavy (non-hydrogen) atoms. The first kappa shape index (κ1) is 14.9. The second-order valence-corrected chi connectivity index (χ2v) is 7.08. The van der Waals surface area contributed by atoms with Gasteiger partial charge in [0.05, 0.1) is 0 Å². The lowest BCUT2D eigenvalue weighted by Gasteiger charge is -2.42. The lowest BCUT2D eigenvalue weighted by molar-refractivity contribution is 0.202. The zero-order chi connectivity index (χ0) is 14.7. The van der Waals surface area contributed by atoms with Crippen molar-refractivity contribution in [1.82, 2.24) is 0 Å². The summed E-state index contributed by atoms with van der Waals surface area (Å²) in [5.41, 5.74) is 8.83. The van der Waals surface area contributed by atoms with Crippen molar-refractivity contribution in [2.75, 3.05) is 18.0 Å². The molecule has 116 valence electrons. The zero-order valence-corrected chi connectivity index (χ0v) is 13.4. The van der Waals surface area contributed by atoms with Crippen molar-refractivity contribution < 1.29 is 0 Å². The minimum absolute atomic E-state index is 0.300. The molecule has 2 aliphatic rings. The third-order valence-electron chi connectivity index (χ3n) is 5.61. The minimum atomic E-state index is 0.300. The van der Waals surface area contributed by atoms with Crippen LogP contribution in [0.15, 0.2) is 24.3 Å². The molecule has 1 aromatic carbocycles. The Hall–Kier alpha value is -1.02. The summed E-state index contributed by atoms with van der Waals surface area (Å²) in [6.45, 7) is 4.68. The number of nitrogens with two attached hydrogens (primary N) is 1. The Morgan fingerprint density at radius 2 is 1.81 bits per heavy atom. The van der Waals surface area contributed by atoms with Gasteiger partial charge >= 0.3 is 0 Å². The quantitative estimate of drug-likeness (QED) is 0.907. The van der Waals surface area contributed by atoms with E-state index in [4.69, 9.17) is 5.73 Å². The number of hydrogen-bond donors (Lipinski definition) is 1. The molecule has 3 unspecified atom stereocenters. The number of hydrogen-bond acceptors (Lipinski definition) is 2. The maximum atomic E-state index is 6.05. The fourth-order valence-electron chi connectivity index (χ4n) is 4.13. The van der Waals surface area contributed by atoms with Crippen LogP contribution < -0.4 is 10.6 Å². The van der Waals surface area contributed by atoms with Gasteiger partial charge in [0.2, 0.25) is 0 Å². The first-order valence-electron chi connectivity index (χ1n) is 8.85. The Balaban J connectivity index is 1.61. The molecule has 2 N–H and O–H groups in total. The summed E-state index contributed by atoms with van der Waals surface area (Å²) < 4.78 is 0. The van der Waals surface area contributed by atoms with Crippen molar-refractivity contribution >= 4 is 5.69 Å². The van der Waals surface area contributed by atoms with Gasteiger partial charge in [0, 0.05) is 24.8 Å². The second-order valence-electron chi connectivity index (χ2n) is 7.08. The summed E-state index contributed by atoms with van der Waals surface area (Å²) in [4.78, 5) is 2.61. The van der Waals surface area contributed by atoms with E-state index < -0.39 is 0 Å². The maximum absolute atomic E-state index is 6.05. The summed E-state index contributed by atoms with van der Waals surface area (Å²) in [6.07, 6.45) is 9.29. The summed E-state index contributed by atoms with van der Waals surface area (Å²) in [7, 11) is 0. The van der Waals surface area contributed by atoms with Crippen molar-refractivity contribution in [3.05, 3.63) is 29.8 Å². The number of rotatable bonds is 4. The fourth-order valence-corrected chi connectivity index (χ4v) is 4.13. The van der Waals surface area contributed by atoms with Gasteiger partial charge in [0.15, 0.2) is 0 Å². The normalized spacial score (nSPS) is 27.2. The van der Waals surface area contributed by atoms with E-state index in [9.17, 15) is 0 Å². The Kier molecular flexibility index (Phi) is 4.84. The van der Waals surface area contributed by atoms with Gasteiger partial charge in [0.25, 0.3) is 0 Å². The maximum Gasteiger partial charge on any atom is 0.0366 e. The number of nitrogens with zero attached hydrogens (tertiary/aromatic N) is 1. The Labute approximate surface area is 129 Å². The largest absolute Gasteiger partial charge is 0.371 e. The van der Waals surface area contributed by atoms with Gasteiger partial charge in [-0.25, -0.2) is 0 Å². The number of anilines is 1. The molecule has 1 aliphatic carbocycles. The molecular formula is C19H30N2. The van der Waals surface area contributed by atoms with Crippen LogP contribution >= 0.6 is 0 Å². The van der Waals surface area contributed by atoms with Crippen molar-refractivity contribution in [2.24, 2.45) is 17.6 Å². The van der Waals surface area contributed by atoms with Crippen LogP contribution in [0.1, 0.15) is 51.0 Å². The van der Waals surface area contributed by atoms with Crippen LogP contribution in [0.4, 0.5) is 5.69 Å². The minimum Gasteiger partial charge on any atom is -0.371 e. The highest BCUT2D eigenvalue weighted by Gasteiger charge is 2.31. The lowest BCUT2D eigenvalue weighted by atomic mass is 9.75. The Morgan fingerprint density at radius 3 is 2.52 bits per heavy atom.